The highest BCUT2D eigenvalue weighted by Crippen LogP contribution is 2.30. The lowest BCUT2D eigenvalue weighted by molar-refractivity contribution is -0.115. The molecule has 2 unspecified atom stereocenters. The van der Waals surface area contributed by atoms with E-state index in [0.717, 1.165) is 5.75 Å². The maximum Gasteiger partial charge on any atom is 0.237 e. The van der Waals surface area contributed by atoms with Gasteiger partial charge in [0.1, 0.15) is 0 Å². The highest BCUT2D eigenvalue weighted by molar-refractivity contribution is 8.00. The Labute approximate surface area is 127 Å². The third kappa shape index (κ3) is 5.22. The monoisotopic (exact) mass is 321 g/mol. The van der Waals surface area contributed by atoms with Crippen molar-refractivity contribution in [2.45, 2.75) is 19.1 Å². The minimum atomic E-state index is -0.218. The van der Waals surface area contributed by atoms with Gasteiger partial charge in [0.15, 0.2) is 0 Å². The molecule has 0 radical (unpaired) electrons. The zero-order valence-corrected chi connectivity index (χ0v) is 13.1. The first-order valence-corrected chi connectivity index (χ1v) is 7.73. The Hall–Kier alpha value is -0.420. The van der Waals surface area contributed by atoms with Gasteiger partial charge in [0, 0.05) is 6.61 Å². The minimum Gasteiger partial charge on any atom is -0.396 e. The second-order valence-corrected chi connectivity index (χ2v) is 6.51. The predicted molar refractivity (Wildman–Crippen MR) is 83.3 cm³/mol. The molecule has 0 spiro atoms. The van der Waals surface area contributed by atoms with Gasteiger partial charge in [-0.15, -0.1) is 11.8 Å². The van der Waals surface area contributed by atoms with E-state index >= 15 is 0 Å². The summed E-state index contributed by atoms with van der Waals surface area (Å²) in [6.07, 6.45) is 0. The average molecular weight is 322 g/mol. The molecule has 0 bridgehead atoms. The molecule has 0 aromatic heterocycles. The molecule has 0 heterocycles. The molecule has 0 aliphatic carbocycles. The third-order valence-corrected chi connectivity index (χ3v) is 4.82. The van der Waals surface area contributed by atoms with Gasteiger partial charge in [-0.1, -0.05) is 36.2 Å². The molecule has 6 heteroatoms. The summed E-state index contributed by atoms with van der Waals surface area (Å²) in [5, 5.41) is 12.2. The van der Waals surface area contributed by atoms with Crippen molar-refractivity contribution in [3.05, 3.63) is 28.2 Å². The summed E-state index contributed by atoms with van der Waals surface area (Å²) in [4.78, 5) is 12.0. The second kappa shape index (κ2) is 8.00. The van der Waals surface area contributed by atoms with E-state index in [1.807, 2.05) is 13.8 Å². The molecule has 106 valence electrons. The van der Waals surface area contributed by atoms with Crippen LogP contribution in [0, 0.1) is 5.92 Å². The number of halogens is 2. The Kier molecular flexibility index (Phi) is 7.00. The van der Waals surface area contributed by atoms with Crippen LogP contribution in [0.2, 0.25) is 10.0 Å². The Morgan fingerprint density at radius 2 is 2.11 bits per heavy atom. The van der Waals surface area contributed by atoms with E-state index in [0.29, 0.717) is 15.7 Å². The first-order chi connectivity index (χ1) is 8.95. The summed E-state index contributed by atoms with van der Waals surface area (Å²) < 4.78 is 0. The zero-order chi connectivity index (χ0) is 14.4. The van der Waals surface area contributed by atoms with Gasteiger partial charge in [-0.25, -0.2) is 0 Å². The number of anilines is 1. The van der Waals surface area contributed by atoms with E-state index in [1.54, 1.807) is 18.2 Å². The van der Waals surface area contributed by atoms with Crippen molar-refractivity contribution in [1.29, 1.82) is 0 Å². The van der Waals surface area contributed by atoms with Crippen LogP contribution in [-0.2, 0) is 4.79 Å². The topological polar surface area (TPSA) is 49.3 Å². The lowest BCUT2D eigenvalue weighted by Gasteiger charge is -2.15. The molecule has 0 saturated carbocycles. The van der Waals surface area contributed by atoms with Gasteiger partial charge in [-0.05, 0) is 30.7 Å². The number of carbonyl (C=O) groups is 1. The Morgan fingerprint density at radius 3 is 2.74 bits per heavy atom. The molecule has 0 aliphatic heterocycles. The molecule has 0 saturated heterocycles. The van der Waals surface area contributed by atoms with E-state index in [9.17, 15) is 4.79 Å². The van der Waals surface area contributed by atoms with Crippen molar-refractivity contribution >= 4 is 46.6 Å². The summed E-state index contributed by atoms with van der Waals surface area (Å²) in [6.45, 7) is 3.88. The van der Waals surface area contributed by atoms with Gasteiger partial charge in [0.2, 0.25) is 5.91 Å². The number of nitrogens with one attached hydrogen (secondary N) is 1. The van der Waals surface area contributed by atoms with Gasteiger partial charge in [0.25, 0.3) is 0 Å². The van der Waals surface area contributed by atoms with Crippen molar-refractivity contribution in [3.8, 4) is 0 Å². The fourth-order valence-electron chi connectivity index (χ4n) is 1.27. The molecular formula is C13H17Cl2NO2S. The standard InChI is InChI=1S/C13H17Cl2NO2S/c1-8(6-17)7-19-9(2)13(18)16-11-5-3-4-10(14)12(11)15/h3-5,8-9,17H,6-7H2,1-2H3,(H,16,18). The van der Waals surface area contributed by atoms with Gasteiger partial charge in [0.05, 0.1) is 21.0 Å². The highest BCUT2D eigenvalue weighted by atomic mass is 35.5. The van der Waals surface area contributed by atoms with Crippen molar-refractivity contribution in [2.24, 2.45) is 5.92 Å². The van der Waals surface area contributed by atoms with E-state index in [4.69, 9.17) is 28.3 Å². The summed E-state index contributed by atoms with van der Waals surface area (Å²) in [6, 6.07) is 5.11. The Bertz CT molecular complexity index is 443. The number of carbonyl (C=O) groups excluding carboxylic acids is 1. The van der Waals surface area contributed by atoms with Crippen LogP contribution in [0.25, 0.3) is 0 Å². The fourth-order valence-corrected chi connectivity index (χ4v) is 2.55. The van der Waals surface area contributed by atoms with E-state index in [1.165, 1.54) is 11.8 Å². The first-order valence-electron chi connectivity index (χ1n) is 5.93. The second-order valence-electron chi connectivity index (χ2n) is 4.35. The van der Waals surface area contributed by atoms with Crippen LogP contribution < -0.4 is 5.32 Å². The van der Waals surface area contributed by atoms with E-state index in [-0.39, 0.29) is 23.7 Å². The number of rotatable bonds is 6. The number of benzene rings is 1. The molecule has 3 nitrogen and oxygen atoms in total. The zero-order valence-electron chi connectivity index (χ0n) is 10.8. The van der Waals surface area contributed by atoms with Crippen molar-refractivity contribution in [1.82, 2.24) is 0 Å². The lowest BCUT2D eigenvalue weighted by Crippen LogP contribution is -2.24. The van der Waals surface area contributed by atoms with Crippen LogP contribution in [0.1, 0.15) is 13.8 Å². The largest absolute Gasteiger partial charge is 0.396 e. The Balaban J connectivity index is 2.56. The maximum atomic E-state index is 12.0. The van der Waals surface area contributed by atoms with Gasteiger partial charge in [-0.3, -0.25) is 4.79 Å². The number of thioether (sulfide) groups is 1. The normalized spacial score (nSPS) is 13.9. The molecule has 1 aromatic rings. The Morgan fingerprint density at radius 1 is 1.42 bits per heavy atom. The van der Waals surface area contributed by atoms with Gasteiger partial charge < -0.3 is 10.4 Å². The quantitative estimate of drug-likeness (QED) is 0.840. The lowest BCUT2D eigenvalue weighted by atomic mass is 10.2. The fraction of sp³-hybridized carbons (Fsp3) is 0.462. The molecule has 1 rings (SSSR count). The third-order valence-electron chi connectivity index (χ3n) is 2.52. The number of aliphatic hydroxyl groups excluding tert-OH is 1. The molecule has 19 heavy (non-hydrogen) atoms. The molecule has 2 atom stereocenters. The first kappa shape index (κ1) is 16.6. The molecule has 2 N–H and O–H groups in total. The van der Waals surface area contributed by atoms with Gasteiger partial charge in [-0.2, -0.15) is 0 Å². The van der Waals surface area contributed by atoms with Crippen LogP contribution in [0.3, 0.4) is 0 Å². The van der Waals surface area contributed by atoms with Crippen LogP contribution in [0.5, 0.6) is 0 Å². The predicted octanol–water partition coefficient (Wildman–Crippen LogP) is 3.68. The van der Waals surface area contributed by atoms with Crippen LogP contribution in [0.4, 0.5) is 5.69 Å². The van der Waals surface area contributed by atoms with Crippen LogP contribution >= 0.6 is 35.0 Å². The molecule has 1 aromatic carbocycles. The van der Waals surface area contributed by atoms with Gasteiger partial charge >= 0.3 is 0 Å². The molecule has 0 fully saturated rings. The average Bonchev–Trinajstić information content (AvgIpc) is 2.40. The highest BCUT2D eigenvalue weighted by Gasteiger charge is 2.16. The number of hydrogen-bond acceptors (Lipinski definition) is 3. The summed E-state index contributed by atoms with van der Waals surface area (Å²) >= 11 is 13.4. The number of amides is 1. The van der Waals surface area contributed by atoms with Crippen LogP contribution in [0.15, 0.2) is 18.2 Å². The summed E-state index contributed by atoms with van der Waals surface area (Å²) in [5.41, 5.74) is 0.516. The van der Waals surface area contributed by atoms with Crippen LogP contribution in [-0.4, -0.2) is 28.6 Å². The number of aliphatic hydroxyl groups is 1. The maximum absolute atomic E-state index is 12.0. The summed E-state index contributed by atoms with van der Waals surface area (Å²) in [7, 11) is 0. The minimum absolute atomic E-state index is 0.126. The SMILES string of the molecule is CC(CO)CSC(C)C(=O)Nc1cccc(Cl)c1Cl. The van der Waals surface area contributed by atoms with Crippen molar-refractivity contribution < 1.29 is 9.90 Å². The molecule has 0 aliphatic rings. The number of hydrogen-bond donors (Lipinski definition) is 2. The van der Waals surface area contributed by atoms with Crippen molar-refractivity contribution in [2.75, 3.05) is 17.7 Å². The molecular weight excluding hydrogens is 305 g/mol. The smallest absolute Gasteiger partial charge is 0.237 e. The van der Waals surface area contributed by atoms with E-state index < -0.39 is 0 Å². The van der Waals surface area contributed by atoms with E-state index in [2.05, 4.69) is 5.32 Å². The summed E-state index contributed by atoms with van der Waals surface area (Å²) in [5.74, 6) is 0.781. The molecule has 1 amide bonds. The van der Waals surface area contributed by atoms with Crippen molar-refractivity contribution in [3.63, 3.8) is 0 Å².